The molecule has 0 bridgehead atoms. The van der Waals surface area contributed by atoms with E-state index in [1.54, 1.807) is 29.2 Å². The lowest BCUT2D eigenvalue weighted by atomic mass is 9.87. The molecule has 0 saturated carbocycles. The zero-order chi connectivity index (χ0) is 19.6. The van der Waals surface area contributed by atoms with Crippen molar-refractivity contribution in [3.05, 3.63) is 64.7 Å². The molecule has 3 aromatic rings. The van der Waals surface area contributed by atoms with E-state index in [9.17, 15) is 4.79 Å². The number of aromatic nitrogens is 2. The summed E-state index contributed by atoms with van der Waals surface area (Å²) >= 11 is 7.42. The molecule has 140 valence electrons. The molecule has 0 aliphatic rings. The van der Waals surface area contributed by atoms with Crippen LogP contribution in [0.5, 0.6) is 0 Å². The number of rotatable bonds is 4. The first-order chi connectivity index (χ1) is 12.8. The minimum Gasteiger partial charge on any atom is -0.283 e. The summed E-state index contributed by atoms with van der Waals surface area (Å²) in [5, 5.41) is 10.4. The first-order valence-corrected chi connectivity index (χ1v) is 10.0. The van der Waals surface area contributed by atoms with Crippen LogP contribution in [0.2, 0.25) is 5.02 Å². The van der Waals surface area contributed by atoms with Gasteiger partial charge in [0.15, 0.2) is 0 Å². The minimum atomic E-state index is -0.134. The fourth-order valence-corrected chi connectivity index (χ4v) is 3.80. The summed E-state index contributed by atoms with van der Waals surface area (Å²) in [6.07, 6.45) is 0. The van der Waals surface area contributed by atoms with E-state index < -0.39 is 0 Å². The lowest BCUT2D eigenvalue weighted by molar-refractivity contribution is 0.0988. The average molecular weight is 400 g/mol. The van der Waals surface area contributed by atoms with E-state index in [-0.39, 0.29) is 11.3 Å². The van der Waals surface area contributed by atoms with Gasteiger partial charge in [0.05, 0.1) is 0 Å². The average Bonchev–Trinajstić information content (AvgIpc) is 3.11. The summed E-state index contributed by atoms with van der Waals surface area (Å²) in [7, 11) is 0. The Bertz CT molecular complexity index is 945. The zero-order valence-electron chi connectivity index (χ0n) is 15.9. The molecule has 0 spiro atoms. The van der Waals surface area contributed by atoms with Gasteiger partial charge in [-0.1, -0.05) is 74.0 Å². The molecule has 0 radical (unpaired) electrons. The van der Waals surface area contributed by atoms with Gasteiger partial charge in [-0.25, -0.2) is 0 Å². The highest BCUT2D eigenvalue weighted by Gasteiger charge is 2.21. The lowest BCUT2D eigenvalue weighted by Gasteiger charge is -2.18. The van der Waals surface area contributed by atoms with Crippen molar-refractivity contribution in [3.8, 4) is 10.6 Å². The van der Waals surface area contributed by atoms with Crippen molar-refractivity contribution in [2.45, 2.75) is 33.1 Å². The first-order valence-electron chi connectivity index (χ1n) is 8.81. The highest BCUT2D eigenvalue weighted by atomic mass is 35.5. The second-order valence-corrected chi connectivity index (χ2v) is 8.67. The summed E-state index contributed by atoms with van der Waals surface area (Å²) in [5.41, 5.74) is 2.91. The standard InChI is InChI=1S/C21H22ClN3OS/c1-5-25(19(26)15-7-6-8-17(22)13-15)20-24-23-18(27-20)14-9-11-16(12-10-14)21(2,3)4/h6-13H,5H2,1-4H3. The van der Waals surface area contributed by atoms with E-state index >= 15 is 0 Å². The number of hydrogen-bond donors (Lipinski definition) is 0. The molecule has 0 atom stereocenters. The number of amides is 1. The maximum absolute atomic E-state index is 12.8. The summed E-state index contributed by atoms with van der Waals surface area (Å²) in [5.74, 6) is -0.134. The Balaban J connectivity index is 1.86. The highest BCUT2D eigenvalue weighted by Crippen LogP contribution is 2.31. The predicted molar refractivity (Wildman–Crippen MR) is 113 cm³/mol. The normalized spacial score (nSPS) is 11.4. The number of carbonyl (C=O) groups excluding carboxylic acids is 1. The van der Waals surface area contributed by atoms with E-state index in [4.69, 9.17) is 11.6 Å². The van der Waals surface area contributed by atoms with Crippen LogP contribution in [0.3, 0.4) is 0 Å². The van der Waals surface area contributed by atoms with Crippen molar-refractivity contribution in [1.29, 1.82) is 0 Å². The molecule has 1 amide bonds. The minimum absolute atomic E-state index is 0.104. The molecule has 6 heteroatoms. The lowest BCUT2D eigenvalue weighted by Crippen LogP contribution is -2.30. The SMILES string of the molecule is CCN(C(=O)c1cccc(Cl)c1)c1nnc(-c2ccc(C(C)(C)C)cc2)s1. The molecule has 0 saturated heterocycles. The maximum Gasteiger partial charge on any atom is 0.260 e. The number of hydrogen-bond acceptors (Lipinski definition) is 4. The Hall–Kier alpha value is -2.24. The molecule has 1 aromatic heterocycles. The Morgan fingerprint density at radius 1 is 1.11 bits per heavy atom. The molecule has 0 aliphatic heterocycles. The van der Waals surface area contributed by atoms with Crippen LogP contribution in [-0.4, -0.2) is 22.6 Å². The van der Waals surface area contributed by atoms with Gasteiger partial charge < -0.3 is 0 Å². The summed E-state index contributed by atoms with van der Waals surface area (Å²) in [4.78, 5) is 14.5. The molecule has 2 aromatic carbocycles. The number of anilines is 1. The van der Waals surface area contributed by atoms with Crippen molar-refractivity contribution < 1.29 is 4.79 Å². The van der Waals surface area contributed by atoms with Crippen LogP contribution < -0.4 is 4.90 Å². The molecular formula is C21H22ClN3OS. The van der Waals surface area contributed by atoms with Crippen LogP contribution in [0.15, 0.2) is 48.5 Å². The van der Waals surface area contributed by atoms with Crippen molar-refractivity contribution in [2.24, 2.45) is 0 Å². The van der Waals surface area contributed by atoms with Gasteiger partial charge in [-0.2, -0.15) is 0 Å². The van der Waals surface area contributed by atoms with Gasteiger partial charge >= 0.3 is 0 Å². The number of carbonyl (C=O) groups is 1. The Morgan fingerprint density at radius 3 is 2.41 bits per heavy atom. The van der Waals surface area contributed by atoms with E-state index in [0.717, 1.165) is 10.6 Å². The molecular weight excluding hydrogens is 378 g/mol. The molecule has 27 heavy (non-hydrogen) atoms. The van der Waals surface area contributed by atoms with Gasteiger partial charge in [0.1, 0.15) is 5.01 Å². The van der Waals surface area contributed by atoms with Gasteiger partial charge in [-0.3, -0.25) is 9.69 Å². The third kappa shape index (κ3) is 4.37. The Kier molecular flexibility index (Phi) is 5.63. The predicted octanol–water partition coefficient (Wildman–Crippen LogP) is 5.82. The Morgan fingerprint density at radius 2 is 1.81 bits per heavy atom. The van der Waals surface area contributed by atoms with Gasteiger partial charge in [-0.05, 0) is 36.1 Å². The molecule has 0 fully saturated rings. The van der Waals surface area contributed by atoms with Crippen LogP contribution in [0.25, 0.3) is 10.6 Å². The topological polar surface area (TPSA) is 46.1 Å². The molecule has 0 unspecified atom stereocenters. The Labute approximate surface area is 168 Å². The monoisotopic (exact) mass is 399 g/mol. The second kappa shape index (κ2) is 7.79. The fraction of sp³-hybridized carbons (Fsp3) is 0.286. The van der Waals surface area contributed by atoms with Gasteiger partial charge in [0, 0.05) is 22.7 Å². The van der Waals surface area contributed by atoms with Crippen LogP contribution in [0.4, 0.5) is 5.13 Å². The van der Waals surface area contributed by atoms with Crippen molar-refractivity contribution >= 4 is 34.0 Å². The van der Waals surface area contributed by atoms with E-state index in [1.165, 1.54) is 16.9 Å². The molecule has 3 rings (SSSR count). The molecule has 4 nitrogen and oxygen atoms in total. The van der Waals surface area contributed by atoms with E-state index in [1.807, 2.05) is 6.92 Å². The second-order valence-electron chi connectivity index (χ2n) is 7.28. The van der Waals surface area contributed by atoms with Crippen LogP contribution >= 0.6 is 22.9 Å². The first kappa shape index (κ1) is 19.5. The van der Waals surface area contributed by atoms with Crippen LogP contribution in [0.1, 0.15) is 43.6 Å². The fourth-order valence-electron chi connectivity index (χ4n) is 2.70. The van der Waals surface area contributed by atoms with Crippen molar-refractivity contribution in [1.82, 2.24) is 10.2 Å². The summed E-state index contributed by atoms with van der Waals surface area (Å²) in [6, 6.07) is 15.3. The van der Waals surface area contributed by atoms with Gasteiger partial charge in [0.25, 0.3) is 5.91 Å². The molecule has 1 heterocycles. The van der Waals surface area contributed by atoms with Gasteiger partial charge in [0.2, 0.25) is 5.13 Å². The smallest absolute Gasteiger partial charge is 0.260 e. The van der Waals surface area contributed by atoms with E-state index in [0.29, 0.717) is 22.3 Å². The maximum atomic E-state index is 12.8. The highest BCUT2D eigenvalue weighted by molar-refractivity contribution is 7.18. The van der Waals surface area contributed by atoms with Crippen molar-refractivity contribution in [2.75, 3.05) is 11.4 Å². The van der Waals surface area contributed by atoms with Gasteiger partial charge in [-0.15, -0.1) is 10.2 Å². The third-order valence-electron chi connectivity index (χ3n) is 4.28. The number of nitrogens with zero attached hydrogens (tertiary/aromatic N) is 3. The summed E-state index contributed by atoms with van der Waals surface area (Å²) < 4.78 is 0. The number of halogens is 1. The molecule has 0 N–H and O–H groups in total. The van der Waals surface area contributed by atoms with E-state index in [2.05, 4.69) is 55.2 Å². The largest absolute Gasteiger partial charge is 0.283 e. The van der Waals surface area contributed by atoms with Crippen LogP contribution in [0, 0.1) is 0 Å². The van der Waals surface area contributed by atoms with Crippen molar-refractivity contribution in [3.63, 3.8) is 0 Å². The molecule has 0 aliphatic carbocycles. The van der Waals surface area contributed by atoms with Crippen LogP contribution in [-0.2, 0) is 5.41 Å². The zero-order valence-corrected chi connectivity index (χ0v) is 17.4. The summed E-state index contributed by atoms with van der Waals surface area (Å²) in [6.45, 7) is 8.98. The number of benzene rings is 2. The quantitative estimate of drug-likeness (QED) is 0.555. The third-order valence-corrected chi connectivity index (χ3v) is 5.51.